The molecule has 1 aliphatic rings. The van der Waals surface area contributed by atoms with Crippen LogP contribution in [0.5, 0.6) is 0 Å². The van der Waals surface area contributed by atoms with Gasteiger partial charge in [0.1, 0.15) is 0 Å². The molecule has 1 amide bonds. The quantitative estimate of drug-likeness (QED) is 0.770. The molecule has 0 aromatic rings. The number of amides is 1. The first-order valence-corrected chi connectivity index (χ1v) is 4.96. The average molecular weight is 216 g/mol. The Morgan fingerprint density at radius 1 is 1.64 bits per heavy atom. The number of hydrogen-bond donors (Lipinski definition) is 1. The third kappa shape index (κ3) is 2.29. The van der Waals surface area contributed by atoms with Crippen LogP contribution in [0, 0.1) is 0 Å². The van der Waals surface area contributed by atoms with Gasteiger partial charge in [-0.1, -0.05) is 24.6 Å². The molecule has 0 bridgehead atoms. The van der Waals surface area contributed by atoms with Crippen molar-refractivity contribution >= 4 is 17.7 Å². The molecule has 0 aromatic carbocycles. The molecule has 0 fully saturated rings. The smallest absolute Gasteiger partial charge is 0.407 e. The lowest BCUT2D eigenvalue weighted by molar-refractivity contribution is 0.157. The first-order valence-electron chi connectivity index (χ1n) is 4.58. The van der Waals surface area contributed by atoms with E-state index in [1.54, 1.807) is 0 Å². The van der Waals surface area contributed by atoms with E-state index in [1.165, 1.54) is 4.90 Å². The Bertz CT molecular complexity index is 307. The highest BCUT2D eigenvalue weighted by Crippen LogP contribution is 2.26. The third-order valence-electron chi connectivity index (χ3n) is 2.23. The van der Waals surface area contributed by atoms with E-state index < -0.39 is 6.09 Å². The molecule has 0 spiro atoms. The minimum atomic E-state index is -0.889. The van der Waals surface area contributed by atoms with Gasteiger partial charge in [-0.15, -0.1) is 0 Å². The van der Waals surface area contributed by atoms with Crippen molar-refractivity contribution in [2.45, 2.75) is 20.3 Å². The van der Waals surface area contributed by atoms with Crippen molar-refractivity contribution in [3.63, 3.8) is 0 Å². The maximum absolute atomic E-state index is 10.7. The van der Waals surface area contributed by atoms with Gasteiger partial charge in [0.2, 0.25) is 0 Å². The number of rotatable bonds is 2. The summed E-state index contributed by atoms with van der Waals surface area (Å²) in [6.07, 6.45) is 1.88. The summed E-state index contributed by atoms with van der Waals surface area (Å²) < 4.78 is 0. The Balaban J connectivity index is 2.77. The van der Waals surface area contributed by atoms with Crippen LogP contribution in [0.15, 0.2) is 22.3 Å². The molecule has 0 unspecified atom stereocenters. The Labute approximate surface area is 88.7 Å². The Morgan fingerprint density at radius 3 is 2.71 bits per heavy atom. The maximum Gasteiger partial charge on any atom is 0.407 e. The summed E-state index contributed by atoms with van der Waals surface area (Å²) in [5, 5.41) is 9.49. The summed E-state index contributed by atoms with van der Waals surface area (Å²) >= 11 is 6.04. The second kappa shape index (κ2) is 4.51. The lowest BCUT2D eigenvalue weighted by Gasteiger charge is -2.10. The van der Waals surface area contributed by atoms with Crippen molar-refractivity contribution in [1.82, 2.24) is 4.90 Å². The van der Waals surface area contributed by atoms with Gasteiger partial charge < -0.3 is 5.11 Å². The molecule has 1 rings (SSSR count). The summed E-state index contributed by atoms with van der Waals surface area (Å²) in [5.41, 5.74) is 2.00. The van der Waals surface area contributed by atoms with Gasteiger partial charge in [0.25, 0.3) is 0 Å². The Morgan fingerprint density at radius 2 is 2.29 bits per heavy atom. The van der Waals surface area contributed by atoms with E-state index in [2.05, 4.69) is 0 Å². The zero-order chi connectivity index (χ0) is 10.7. The predicted octanol–water partition coefficient (Wildman–Crippen LogP) is 2.83. The predicted molar refractivity (Wildman–Crippen MR) is 56.5 cm³/mol. The van der Waals surface area contributed by atoms with Gasteiger partial charge >= 0.3 is 6.09 Å². The molecule has 0 aliphatic carbocycles. The Hall–Kier alpha value is -0.960. The SMILES string of the molecule is CC/C=C(/Cl)C1=C(C)CN(C(=O)O)C1. The van der Waals surface area contributed by atoms with Crippen LogP contribution in [0.3, 0.4) is 0 Å². The molecular weight excluding hydrogens is 202 g/mol. The summed E-state index contributed by atoms with van der Waals surface area (Å²) in [4.78, 5) is 12.1. The van der Waals surface area contributed by atoms with E-state index in [4.69, 9.17) is 16.7 Å². The third-order valence-corrected chi connectivity index (χ3v) is 2.62. The van der Waals surface area contributed by atoms with Crippen LogP contribution in [-0.4, -0.2) is 29.2 Å². The maximum atomic E-state index is 10.7. The van der Waals surface area contributed by atoms with Crippen molar-refractivity contribution in [3.05, 3.63) is 22.3 Å². The minimum Gasteiger partial charge on any atom is -0.465 e. The number of hydrogen-bond acceptors (Lipinski definition) is 1. The largest absolute Gasteiger partial charge is 0.465 e. The van der Waals surface area contributed by atoms with Crippen molar-refractivity contribution in [1.29, 1.82) is 0 Å². The van der Waals surface area contributed by atoms with Crippen molar-refractivity contribution in [2.75, 3.05) is 13.1 Å². The van der Waals surface area contributed by atoms with Crippen LogP contribution in [-0.2, 0) is 0 Å². The van der Waals surface area contributed by atoms with Crippen LogP contribution in [0.1, 0.15) is 20.3 Å². The van der Waals surface area contributed by atoms with Gasteiger partial charge in [0.15, 0.2) is 0 Å². The standard InChI is InChI=1S/C10H14ClNO2/c1-3-4-9(11)8-6-12(10(13)14)5-7(8)2/h4H,3,5-6H2,1-2H3,(H,13,14)/b9-4+. The molecule has 0 aromatic heterocycles. The first kappa shape index (κ1) is 11.1. The highest BCUT2D eigenvalue weighted by molar-refractivity contribution is 6.32. The van der Waals surface area contributed by atoms with Gasteiger partial charge in [-0.05, 0) is 24.5 Å². The average Bonchev–Trinajstić information content (AvgIpc) is 2.48. The summed E-state index contributed by atoms with van der Waals surface area (Å²) in [5.74, 6) is 0. The summed E-state index contributed by atoms with van der Waals surface area (Å²) in [7, 11) is 0. The van der Waals surface area contributed by atoms with E-state index in [0.29, 0.717) is 18.1 Å². The number of halogens is 1. The van der Waals surface area contributed by atoms with Crippen molar-refractivity contribution in [3.8, 4) is 0 Å². The molecule has 3 nitrogen and oxygen atoms in total. The van der Waals surface area contributed by atoms with Crippen molar-refractivity contribution < 1.29 is 9.90 Å². The van der Waals surface area contributed by atoms with E-state index in [-0.39, 0.29) is 0 Å². The second-order valence-corrected chi connectivity index (χ2v) is 3.77. The molecule has 0 radical (unpaired) electrons. The van der Waals surface area contributed by atoms with Crippen LogP contribution in [0.4, 0.5) is 4.79 Å². The molecule has 4 heteroatoms. The molecule has 14 heavy (non-hydrogen) atoms. The zero-order valence-corrected chi connectivity index (χ0v) is 9.14. The second-order valence-electron chi connectivity index (χ2n) is 3.36. The Kier molecular flexibility index (Phi) is 3.58. The molecule has 0 atom stereocenters. The monoisotopic (exact) mass is 215 g/mol. The fraction of sp³-hybridized carbons (Fsp3) is 0.500. The van der Waals surface area contributed by atoms with E-state index in [9.17, 15) is 4.79 Å². The number of allylic oxidation sites excluding steroid dienone is 1. The van der Waals surface area contributed by atoms with Crippen LogP contribution in [0.2, 0.25) is 0 Å². The lowest BCUT2D eigenvalue weighted by Crippen LogP contribution is -2.27. The fourth-order valence-corrected chi connectivity index (χ4v) is 1.86. The number of nitrogens with zero attached hydrogens (tertiary/aromatic N) is 1. The van der Waals surface area contributed by atoms with E-state index >= 15 is 0 Å². The molecule has 78 valence electrons. The lowest BCUT2D eigenvalue weighted by atomic mass is 10.1. The molecule has 1 heterocycles. The molecule has 1 N–H and O–H groups in total. The zero-order valence-electron chi connectivity index (χ0n) is 8.38. The van der Waals surface area contributed by atoms with Gasteiger partial charge in [0.05, 0.1) is 6.54 Å². The summed E-state index contributed by atoms with van der Waals surface area (Å²) in [6, 6.07) is 0. The normalized spacial score (nSPS) is 17.9. The van der Waals surface area contributed by atoms with E-state index in [1.807, 2.05) is 19.9 Å². The minimum absolute atomic E-state index is 0.413. The highest BCUT2D eigenvalue weighted by atomic mass is 35.5. The summed E-state index contributed by atoms with van der Waals surface area (Å²) in [6.45, 7) is 4.81. The van der Waals surface area contributed by atoms with Gasteiger partial charge in [-0.2, -0.15) is 0 Å². The van der Waals surface area contributed by atoms with Crippen LogP contribution < -0.4 is 0 Å². The van der Waals surface area contributed by atoms with Gasteiger partial charge in [-0.25, -0.2) is 4.79 Å². The van der Waals surface area contributed by atoms with Gasteiger partial charge in [-0.3, -0.25) is 4.90 Å². The molecule has 0 saturated heterocycles. The molecule has 1 aliphatic heterocycles. The number of carboxylic acid groups (broad SMARTS) is 1. The molecule has 0 saturated carbocycles. The van der Waals surface area contributed by atoms with E-state index in [0.717, 1.165) is 17.6 Å². The fourth-order valence-electron chi connectivity index (χ4n) is 1.48. The van der Waals surface area contributed by atoms with Crippen molar-refractivity contribution in [2.24, 2.45) is 0 Å². The van der Waals surface area contributed by atoms with Crippen LogP contribution >= 0.6 is 11.6 Å². The molecular formula is C10H14ClNO2. The highest BCUT2D eigenvalue weighted by Gasteiger charge is 2.24. The van der Waals surface area contributed by atoms with Crippen LogP contribution in [0.25, 0.3) is 0 Å². The number of carbonyl (C=O) groups is 1. The topological polar surface area (TPSA) is 40.5 Å². The first-order chi connectivity index (χ1) is 6.56. The van der Waals surface area contributed by atoms with Gasteiger partial charge in [0, 0.05) is 11.6 Å².